The first-order chi connectivity index (χ1) is 8.81. The minimum atomic E-state index is -0.0876. The van der Waals surface area contributed by atoms with Gasteiger partial charge in [-0.25, -0.2) is 0 Å². The topological polar surface area (TPSA) is 44.1 Å². The van der Waals surface area contributed by atoms with E-state index in [1.807, 2.05) is 47.8 Å². The van der Waals surface area contributed by atoms with Crippen LogP contribution in [0.25, 0.3) is 0 Å². The summed E-state index contributed by atoms with van der Waals surface area (Å²) in [5.74, 6) is -0.0876. The van der Waals surface area contributed by atoms with Crippen LogP contribution in [0.3, 0.4) is 0 Å². The number of amides is 1. The van der Waals surface area contributed by atoms with E-state index in [2.05, 4.69) is 0 Å². The fraction of sp³-hybridized carbons (Fsp3) is 0.143. The first-order valence-electron chi connectivity index (χ1n) is 5.55. The highest BCUT2D eigenvalue weighted by Gasteiger charge is 2.16. The smallest absolute Gasteiger partial charge is 0.265 e. The number of nitriles is 1. The Morgan fingerprint density at radius 1 is 1.22 bits per heavy atom. The monoisotopic (exact) mass is 256 g/mol. The number of hydrogen-bond acceptors (Lipinski definition) is 3. The molecule has 0 spiro atoms. The van der Waals surface area contributed by atoms with Crippen LogP contribution >= 0.6 is 11.3 Å². The Bertz CT molecular complexity index is 543. The van der Waals surface area contributed by atoms with E-state index in [0.717, 1.165) is 5.56 Å². The zero-order valence-corrected chi connectivity index (χ0v) is 10.6. The van der Waals surface area contributed by atoms with Crippen LogP contribution in [0.5, 0.6) is 0 Å². The minimum Gasteiger partial charge on any atom is -0.320 e. The second kappa shape index (κ2) is 5.99. The van der Waals surface area contributed by atoms with Crippen LogP contribution in [0, 0.1) is 11.3 Å². The highest BCUT2D eigenvalue weighted by Crippen LogP contribution is 2.14. The standard InChI is InChI=1S/C14H12N2OS/c15-8-9-16(11-12-5-2-1-3-6-12)14(17)13-7-4-10-18-13/h1-7,10H,9,11H2. The second-order valence-electron chi connectivity index (χ2n) is 3.78. The zero-order valence-electron chi connectivity index (χ0n) is 9.74. The van der Waals surface area contributed by atoms with Crippen molar-refractivity contribution in [3.05, 3.63) is 58.3 Å². The van der Waals surface area contributed by atoms with Gasteiger partial charge in [0.05, 0.1) is 10.9 Å². The van der Waals surface area contributed by atoms with Gasteiger partial charge in [0.1, 0.15) is 6.54 Å². The lowest BCUT2D eigenvalue weighted by atomic mass is 10.2. The average molecular weight is 256 g/mol. The molecule has 0 N–H and O–H groups in total. The molecule has 0 unspecified atom stereocenters. The van der Waals surface area contributed by atoms with Crippen molar-refractivity contribution >= 4 is 17.2 Å². The number of rotatable bonds is 4. The molecule has 18 heavy (non-hydrogen) atoms. The van der Waals surface area contributed by atoms with Crippen molar-refractivity contribution in [3.8, 4) is 6.07 Å². The quantitative estimate of drug-likeness (QED) is 0.789. The molecular weight excluding hydrogens is 244 g/mol. The third kappa shape index (κ3) is 2.96. The van der Waals surface area contributed by atoms with Crippen LogP contribution in [0.1, 0.15) is 15.2 Å². The summed E-state index contributed by atoms with van der Waals surface area (Å²) >= 11 is 1.40. The highest BCUT2D eigenvalue weighted by atomic mass is 32.1. The SMILES string of the molecule is N#CCN(Cc1ccccc1)C(=O)c1cccs1. The lowest BCUT2D eigenvalue weighted by Gasteiger charge is -2.18. The Kier molecular flexibility index (Phi) is 4.11. The maximum Gasteiger partial charge on any atom is 0.265 e. The molecule has 0 atom stereocenters. The summed E-state index contributed by atoms with van der Waals surface area (Å²) in [5.41, 5.74) is 1.03. The van der Waals surface area contributed by atoms with Gasteiger partial charge in [0.2, 0.25) is 0 Å². The summed E-state index contributed by atoms with van der Waals surface area (Å²) in [6.07, 6.45) is 0. The Balaban J connectivity index is 2.14. The molecule has 90 valence electrons. The number of carbonyl (C=O) groups excluding carboxylic acids is 1. The number of thiophene rings is 1. The third-order valence-electron chi connectivity index (χ3n) is 2.50. The van der Waals surface area contributed by atoms with Crippen molar-refractivity contribution in [2.45, 2.75) is 6.54 Å². The third-order valence-corrected chi connectivity index (χ3v) is 3.35. The predicted octanol–water partition coefficient (Wildman–Crippen LogP) is 2.91. The highest BCUT2D eigenvalue weighted by molar-refractivity contribution is 7.12. The van der Waals surface area contributed by atoms with Crippen molar-refractivity contribution in [2.24, 2.45) is 0 Å². The van der Waals surface area contributed by atoms with E-state index in [-0.39, 0.29) is 12.5 Å². The molecule has 1 aromatic heterocycles. The molecule has 2 aromatic rings. The van der Waals surface area contributed by atoms with Gasteiger partial charge in [0.15, 0.2) is 0 Å². The number of nitrogens with zero attached hydrogens (tertiary/aromatic N) is 2. The molecule has 0 aliphatic rings. The fourth-order valence-electron chi connectivity index (χ4n) is 1.64. The molecule has 0 radical (unpaired) electrons. The number of benzene rings is 1. The summed E-state index contributed by atoms with van der Waals surface area (Å²) < 4.78 is 0. The van der Waals surface area contributed by atoms with E-state index in [0.29, 0.717) is 11.4 Å². The average Bonchev–Trinajstić information content (AvgIpc) is 2.92. The molecule has 1 aromatic carbocycles. The summed E-state index contributed by atoms with van der Waals surface area (Å²) in [4.78, 5) is 14.4. The van der Waals surface area contributed by atoms with E-state index >= 15 is 0 Å². The second-order valence-corrected chi connectivity index (χ2v) is 4.73. The largest absolute Gasteiger partial charge is 0.320 e. The molecule has 1 heterocycles. The molecule has 0 saturated carbocycles. The molecule has 2 rings (SSSR count). The van der Waals surface area contributed by atoms with Gasteiger partial charge in [0, 0.05) is 6.54 Å². The molecule has 0 fully saturated rings. The van der Waals surface area contributed by atoms with Crippen LogP contribution in [0.4, 0.5) is 0 Å². The van der Waals surface area contributed by atoms with Gasteiger partial charge < -0.3 is 4.90 Å². The molecule has 0 aliphatic heterocycles. The Labute approximate surface area is 110 Å². The Morgan fingerprint density at radius 3 is 2.61 bits per heavy atom. The van der Waals surface area contributed by atoms with Gasteiger partial charge in [-0.1, -0.05) is 36.4 Å². The van der Waals surface area contributed by atoms with Crippen molar-refractivity contribution in [1.29, 1.82) is 5.26 Å². The van der Waals surface area contributed by atoms with Gasteiger partial charge in [0.25, 0.3) is 5.91 Å². The first kappa shape index (κ1) is 12.3. The predicted molar refractivity (Wildman–Crippen MR) is 71.1 cm³/mol. The van der Waals surface area contributed by atoms with Gasteiger partial charge >= 0.3 is 0 Å². The van der Waals surface area contributed by atoms with Gasteiger partial charge in [-0.2, -0.15) is 5.26 Å². The van der Waals surface area contributed by atoms with Gasteiger partial charge in [-0.15, -0.1) is 11.3 Å². The lowest BCUT2D eigenvalue weighted by Crippen LogP contribution is -2.30. The Hall–Kier alpha value is -2.12. The van der Waals surface area contributed by atoms with Gasteiger partial charge in [-0.05, 0) is 17.0 Å². The van der Waals surface area contributed by atoms with E-state index in [1.165, 1.54) is 11.3 Å². The fourth-order valence-corrected chi connectivity index (χ4v) is 2.34. The van der Waals surface area contributed by atoms with E-state index in [4.69, 9.17) is 5.26 Å². The molecule has 1 amide bonds. The summed E-state index contributed by atoms with van der Waals surface area (Å²) in [6.45, 7) is 0.566. The van der Waals surface area contributed by atoms with Crippen molar-refractivity contribution in [1.82, 2.24) is 4.90 Å². The molecular formula is C14H12N2OS. The maximum absolute atomic E-state index is 12.2. The molecule has 0 saturated heterocycles. The number of hydrogen-bond donors (Lipinski definition) is 0. The summed E-state index contributed by atoms with van der Waals surface area (Å²) in [6, 6.07) is 15.3. The first-order valence-corrected chi connectivity index (χ1v) is 6.43. The van der Waals surface area contributed by atoms with Crippen LogP contribution in [-0.2, 0) is 6.54 Å². The van der Waals surface area contributed by atoms with E-state index in [1.54, 1.807) is 11.0 Å². The molecule has 0 bridgehead atoms. The van der Waals surface area contributed by atoms with Crippen LogP contribution in [0.2, 0.25) is 0 Å². The van der Waals surface area contributed by atoms with Crippen LogP contribution < -0.4 is 0 Å². The van der Waals surface area contributed by atoms with E-state index < -0.39 is 0 Å². The van der Waals surface area contributed by atoms with Crippen LogP contribution in [0.15, 0.2) is 47.8 Å². The van der Waals surface area contributed by atoms with E-state index in [9.17, 15) is 4.79 Å². The lowest BCUT2D eigenvalue weighted by molar-refractivity contribution is 0.0770. The number of carbonyl (C=O) groups is 1. The van der Waals surface area contributed by atoms with Crippen LogP contribution in [-0.4, -0.2) is 17.4 Å². The van der Waals surface area contributed by atoms with Crippen molar-refractivity contribution < 1.29 is 4.79 Å². The summed E-state index contributed by atoms with van der Waals surface area (Å²) in [7, 11) is 0. The maximum atomic E-state index is 12.2. The van der Waals surface area contributed by atoms with Gasteiger partial charge in [-0.3, -0.25) is 4.79 Å². The molecule has 3 nitrogen and oxygen atoms in total. The summed E-state index contributed by atoms with van der Waals surface area (Å²) in [5, 5.41) is 10.7. The molecule has 4 heteroatoms. The van der Waals surface area contributed by atoms with Crippen molar-refractivity contribution in [2.75, 3.05) is 6.54 Å². The van der Waals surface area contributed by atoms with Crippen molar-refractivity contribution in [3.63, 3.8) is 0 Å². The zero-order chi connectivity index (χ0) is 12.8. The molecule has 0 aliphatic carbocycles. The normalized spacial score (nSPS) is 9.72. The Morgan fingerprint density at radius 2 is 2.00 bits per heavy atom. The minimum absolute atomic E-state index is 0.0876.